The van der Waals surface area contributed by atoms with Crippen molar-refractivity contribution in [1.29, 1.82) is 5.26 Å². The van der Waals surface area contributed by atoms with Gasteiger partial charge in [0.2, 0.25) is 5.96 Å². The van der Waals surface area contributed by atoms with E-state index in [1.165, 1.54) is 0 Å². The number of hydrogen-bond acceptors (Lipinski definition) is 5. The molecule has 1 heterocycles. The summed E-state index contributed by atoms with van der Waals surface area (Å²) in [6.45, 7) is 0.282. The van der Waals surface area contributed by atoms with E-state index in [-0.39, 0.29) is 18.2 Å². The molecule has 0 atom stereocenters. The first-order valence-electron chi connectivity index (χ1n) is 9.56. The molecule has 3 aromatic carbocycles. The van der Waals surface area contributed by atoms with E-state index < -0.39 is 0 Å². The highest BCUT2D eigenvalue weighted by Crippen LogP contribution is 2.24. The van der Waals surface area contributed by atoms with Crippen molar-refractivity contribution in [3.8, 4) is 11.8 Å². The summed E-state index contributed by atoms with van der Waals surface area (Å²) < 4.78 is 5.83. The molecule has 0 saturated heterocycles. The maximum absolute atomic E-state index is 12.3. The van der Waals surface area contributed by atoms with Crippen molar-refractivity contribution in [2.24, 2.45) is 4.99 Å². The van der Waals surface area contributed by atoms with E-state index in [0.29, 0.717) is 33.0 Å². The van der Waals surface area contributed by atoms with Gasteiger partial charge in [0.15, 0.2) is 0 Å². The number of guanidine groups is 1. The van der Waals surface area contributed by atoms with Crippen molar-refractivity contribution in [3.05, 3.63) is 99.2 Å². The number of nitriles is 1. The van der Waals surface area contributed by atoms with Crippen LogP contribution in [0.2, 0.25) is 10.0 Å². The van der Waals surface area contributed by atoms with Crippen LogP contribution in [0.5, 0.6) is 5.75 Å². The summed E-state index contributed by atoms with van der Waals surface area (Å²) in [5.41, 5.74) is 2.98. The van der Waals surface area contributed by atoms with E-state index in [0.717, 1.165) is 11.1 Å². The number of carbonyl (C=O) groups excluding carboxylic acids is 1. The molecule has 1 aliphatic heterocycles. The zero-order valence-corrected chi connectivity index (χ0v) is 18.1. The van der Waals surface area contributed by atoms with E-state index >= 15 is 0 Å². The molecule has 1 aliphatic rings. The van der Waals surface area contributed by atoms with Gasteiger partial charge in [0.25, 0.3) is 5.91 Å². The van der Waals surface area contributed by atoms with Crippen LogP contribution in [-0.4, -0.2) is 11.9 Å². The molecule has 4 rings (SSSR count). The predicted octanol–water partition coefficient (Wildman–Crippen LogP) is 5.38. The van der Waals surface area contributed by atoms with Crippen LogP contribution in [0.4, 0.5) is 5.69 Å². The monoisotopic (exact) mass is 462 g/mol. The van der Waals surface area contributed by atoms with Gasteiger partial charge in [-0.05, 0) is 54.1 Å². The average molecular weight is 463 g/mol. The lowest BCUT2D eigenvalue weighted by molar-refractivity contribution is -0.115. The van der Waals surface area contributed by atoms with Crippen LogP contribution in [-0.2, 0) is 11.4 Å². The second-order valence-electron chi connectivity index (χ2n) is 6.86. The van der Waals surface area contributed by atoms with Crippen molar-refractivity contribution >= 4 is 46.8 Å². The lowest BCUT2D eigenvalue weighted by atomic mass is 10.2. The van der Waals surface area contributed by atoms with Crippen molar-refractivity contribution in [3.63, 3.8) is 0 Å². The zero-order valence-electron chi connectivity index (χ0n) is 16.6. The lowest BCUT2D eigenvalue weighted by Crippen LogP contribution is -2.29. The molecular formula is C24H16Cl2N4O2. The number of aliphatic imine (C=N–C) groups is 1. The number of carbonyl (C=O) groups is 1. The minimum absolute atomic E-state index is 0.252. The molecule has 0 unspecified atom stereocenters. The lowest BCUT2D eigenvalue weighted by Gasteiger charge is -2.08. The normalized spacial score (nSPS) is 14.0. The minimum atomic E-state index is -0.330. The Labute approximate surface area is 194 Å². The Bertz CT molecular complexity index is 1300. The number of anilines is 1. The second kappa shape index (κ2) is 9.56. The van der Waals surface area contributed by atoms with Gasteiger partial charge in [-0.3, -0.25) is 10.1 Å². The first-order chi connectivity index (χ1) is 15.5. The minimum Gasteiger partial charge on any atom is -0.489 e. The number of benzene rings is 3. The zero-order chi connectivity index (χ0) is 22.5. The highest BCUT2D eigenvalue weighted by atomic mass is 35.5. The summed E-state index contributed by atoms with van der Waals surface area (Å²) in [6.07, 6.45) is 1.66. The maximum atomic E-state index is 12.3. The summed E-state index contributed by atoms with van der Waals surface area (Å²) in [5.74, 6) is 0.587. The molecule has 0 radical (unpaired) electrons. The number of halogens is 2. The number of amides is 1. The first-order valence-corrected chi connectivity index (χ1v) is 10.3. The Morgan fingerprint density at radius 2 is 1.94 bits per heavy atom. The molecule has 1 amide bonds. The molecule has 2 N–H and O–H groups in total. The largest absolute Gasteiger partial charge is 0.489 e. The van der Waals surface area contributed by atoms with Crippen LogP contribution in [0.1, 0.15) is 16.7 Å². The van der Waals surface area contributed by atoms with Crippen LogP contribution in [0.3, 0.4) is 0 Å². The number of nitrogens with one attached hydrogen (secondary N) is 2. The number of rotatable bonds is 5. The van der Waals surface area contributed by atoms with Crippen molar-refractivity contribution < 1.29 is 9.53 Å². The van der Waals surface area contributed by atoms with Crippen molar-refractivity contribution in [2.45, 2.75) is 6.61 Å². The molecule has 32 heavy (non-hydrogen) atoms. The first kappa shape index (κ1) is 21.4. The molecule has 3 aromatic rings. The summed E-state index contributed by atoms with van der Waals surface area (Å²) in [5, 5.41) is 15.8. The Morgan fingerprint density at radius 3 is 2.75 bits per heavy atom. The Balaban J connectivity index is 1.47. The summed E-state index contributed by atoms with van der Waals surface area (Å²) in [4.78, 5) is 16.6. The fourth-order valence-corrected chi connectivity index (χ4v) is 3.45. The maximum Gasteiger partial charge on any atom is 0.276 e. The third-order valence-electron chi connectivity index (χ3n) is 4.52. The fourth-order valence-electron chi connectivity index (χ4n) is 2.98. The molecule has 158 valence electrons. The van der Waals surface area contributed by atoms with Crippen LogP contribution in [0, 0.1) is 11.3 Å². The van der Waals surface area contributed by atoms with Crippen LogP contribution in [0.15, 0.2) is 77.4 Å². The second-order valence-corrected chi connectivity index (χ2v) is 7.70. The van der Waals surface area contributed by atoms with Gasteiger partial charge in [0.05, 0.1) is 11.6 Å². The topological polar surface area (TPSA) is 86.5 Å². The predicted molar refractivity (Wildman–Crippen MR) is 126 cm³/mol. The molecule has 8 heteroatoms. The van der Waals surface area contributed by atoms with E-state index in [9.17, 15) is 4.79 Å². The van der Waals surface area contributed by atoms with Crippen molar-refractivity contribution in [1.82, 2.24) is 5.32 Å². The van der Waals surface area contributed by atoms with Gasteiger partial charge >= 0.3 is 0 Å². The van der Waals surface area contributed by atoms with E-state index in [4.69, 9.17) is 33.2 Å². The molecule has 0 spiro atoms. The van der Waals surface area contributed by atoms with Crippen molar-refractivity contribution in [2.75, 3.05) is 5.32 Å². The number of nitrogens with zero attached hydrogens (tertiary/aromatic N) is 2. The molecule has 0 bridgehead atoms. The van der Waals surface area contributed by atoms with Gasteiger partial charge in [-0.15, -0.1) is 0 Å². The van der Waals surface area contributed by atoms with E-state index in [1.54, 1.807) is 48.5 Å². The molecule has 0 saturated carbocycles. The SMILES string of the molecule is N#Cc1cccc(NC2=N/C(=C/c3cccc(OCc4ccc(Cl)cc4Cl)c3)C(=O)N2)c1. The Hall–Kier alpha value is -3.79. The molecular weight excluding hydrogens is 447 g/mol. The van der Waals surface area contributed by atoms with Gasteiger partial charge in [-0.1, -0.05) is 47.5 Å². The smallest absolute Gasteiger partial charge is 0.276 e. The summed E-state index contributed by atoms with van der Waals surface area (Å²) in [6, 6.07) is 21.5. The molecule has 0 aliphatic carbocycles. The Kier molecular flexibility index (Phi) is 6.41. The van der Waals surface area contributed by atoms with Gasteiger partial charge in [0.1, 0.15) is 18.1 Å². The Morgan fingerprint density at radius 1 is 1.09 bits per heavy atom. The number of ether oxygens (including phenoxy) is 1. The summed E-state index contributed by atoms with van der Waals surface area (Å²) >= 11 is 12.1. The highest BCUT2D eigenvalue weighted by molar-refractivity contribution is 6.35. The van der Waals surface area contributed by atoms with E-state index in [1.807, 2.05) is 24.3 Å². The van der Waals surface area contributed by atoms with Crippen LogP contribution >= 0.6 is 23.2 Å². The van der Waals surface area contributed by atoms with Crippen LogP contribution < -0.4 is 15.4 Å². The average Bonchev–Trinajstić information content (AvgIpc) is 3.12. The molecule has 0 fully saturated rings. The fraction of sp³-hybridized carbons (Fsp3) is 0.0417. The van der Waals surface area contributed by atoms with Gasteiger partial charge in [-0.25, -0.2) is 4.99 Å². The highest BCUT2D eigenvalue weighted by Gasteiger charge is 2.20. The van der Waals surface area contributed by atoms with Gasteiger partial charge < -0.3 is 10.1 Å². The number of hydrogen-bond donors (Lipinski definition) is 2. The molecule has 6 nitrogen and oxygen atoms in total. The van der Waals surface area contributed by atoms with E-state index in [2.05, 4.69) is 21.7 Å². The third kappa shape index (κ3) is 5.27. The van der Waals surface area contributed by atoms with Gasteiger partial charge in [0, 0.05) is 21.3 Å². The van der Waals surface area contributed by atoms with Crippen LogP contribution in [0.25, 0.3) is 6.08 Å². The molecule has 0 aromatic heterocycles. The quantitative estimate of drug-likeness (QED) is 0.498. The van der Waals surface area contributed by atoms with Gasteiger partial charge in [-0.2, -0.15) is 5.26 Å². The third-order valence-corrected chi connectivity index (χ3v) is 5.11. The summed E-state index contributed by atoms with van der Waals surface area (Å²) in [7, 11) is 0. The standard InChI is InChI=1S/C24H16Cl2N4O2/c25-18-8-7-17(21(26)12-18)14-32-20-6-2-3-15(10-20)11-22-23(31)30-24(29-22)28-19-5-1-4-16(9-19)13-27/h1-12H,14H2,(H2,28,29,30,31)/b22-11+.